The highest BCUT2D eigenvalue weighted by molar-refractivity contribution is 6.35. The van der Waals surface area contributed by atoms with Gasteiger partial charge in [0.1, 0.15) is 5.82 Å². The standard InChI is InChI=1S/C20H22ClFN2O2/c1-2-17(24-14-7-10-26-11-8-14)15-5-6-16(21)18(19(15)22)20(25)13-4-3-9-23-12-13/h3-6,9,12,14,17,24H,2,7-8,10-11H2,1H3/t17-/m1/s1. The number of nitrogens with zero attached hydrogens (tertiary/aromatic N) is 1. The predicted octanol–water partition coefficient (Wildman–Crippen LogP) is 4.32. The average molecular weight is 377 g/mol. The third-order valence-electron chi connectivity index (χ3n) is 4.71. The number of benzene rings is 1. The number of ether oxygens (including phenoxy) is 1. The second kappa shape index (κ2) is 8.71. The van der Waals surface area contributed by atoms with Crippen LogP contribution in [-0.4, -0.2) is 30.0 Å². The Kier molecular flexibility index (Phi) is 6.35. The molecule has 1 N–H and O–H groups in total. The van der Waals surface area contributed by atoms with Crippen LogP contribution in [0.5, 0.6) is 0 Å². The molecule has 138 valence electrons. The summed E-state index contributed by atoms with van der Waals surface area (Å²) in [5.41, 5.74) is 0.691. The first-order valence-electron chi connectivity index (χ1n) is 8.88. The summed E-state index contributed by atoms with van der Waals surface area (Å²) in [6.07, 6.45) is 5.48. The van der Waals surface area contributed by atoms with Crippen molar-refractivity contribution in [1.29, 1.82) is 0 Å². The fraction of sp³-hybridized carbons (Fsp3) is 0.400. The van der Waals surface area contributed by atoms with Crippen LogP contribution in [0.1, 0.15) is 53.7 Å². The molecule has 0 amide bonds. The molecule has 1 saturated heterocycles. The Morgan fingerprint density at radius 2 is 2.15 bits per heavy atom. The molecule has 26 heavy (non-hydrogen) atoms. The molecule has 1 aliphatic rings. The molecule has 2 aromatic rings. The van der Waals surface area contributed by atoms with E-state index in [-0.39, 0.29) is 22.7 Å². The van der Waals surface area contributed by atoms with E-state index in [0.717, 1.165) is 12.8 Å². The van der Waals surface area contributed by atoms with E-state index in [0.29, 0.717) is 30.8 Å². The second-order valence-electron chi connectivity index (χ2n) is 6.41. The highest BCUT2D eigenvalue weighted by Gasteiger charge is 2.26. The number of nitrogens with one attached hydrogen (secondary N) is 1. The lowest BCUT2D eigenvalue weighted by atomic mass is 9.95. The molecule has 1 aromatic heterocycles. The zero-order valence-electron chi connectivity index (χ0n) is 14.7. The summed E-state index contributed by atoms with van der Waals surface area (Å²) in [7, 11) is 0. The maximum atomic E-state index is 15.3. The van der Waals surface area contributed by atoms with Gasteiger partial charge in [0, 0.05) is 48.8 Å². The normalized spacial score (nSPS) is 16.4. The molecule has 0 saturated carbocycles. The van der Waals surface area contributed by atoms with Gasteiger partial charge >= 0.3 is 0 Å². The summed E-state index contributed by atoms with van der Waals surface area (Å²) in [6, 6.07) is 6.60. The topological polar surface area (TPSA) is 51.2 Å². The van der Waals surface area contributed by atoms with Crippen LogP contribution in [0.4, 0.5) is 4.39 Å². The molecule has 0 unspecified atom stereocenters. The van der Waals surface area contributed by atoms with Gasteiger partial charge in [-0.25, -0.2) is 4.39 Å². The largest absolute Gasteiger partial charge is 0.381 e. The zero-order valence-corrected chi connectivity index (χ0v) is 15.4. The van der Waals surface area contributed by atoms with Crippen LogP contribution in [0.2, 0.25) is 5.02 Å². The molecule has 0 radical (unpaired) electrons. The van der Waals surface area contributed by atoms with Gasteiger partial charge in [-0.05, 0) is 37.5 Å². The van der Waals surface area contributed by atoms with Crippen LogP contribution in [0, 0.1) is 5.82 Å². The molecule has 1 aromatic carbocycles. The van der Waals surface area contributed by atoms with Gasteiger partial charge in [-0.1, -0.05) is 24.6 Å². The Bertz CT molecular complexity index is 764. The van der Waals surface area contributed by atoms with Crippen LogP contribution in [0.25, 0.3) is 0 Å². The van der Waals surface area contributed by atoms with Crippen molar-refractivity contribution in [2.75, 3.05) is 13.2 Å². The van der Waals surface area contributed by atoms with Crippen LogP contribution in [0.15, 0.2) is 36.7 Å². The lowest BCUT2D eigenvalue weighted by Gasteiger charge is -2.29. The van der Waals surface area contributed by atoms with Crippen molar-refractivity contribution in [3.05, 3.63) is 64.2 Å². The van der Waals surface area contributed by atoms with Crippen molar-refractivity contribution in [1.82, 2.24) is 10.3 Å². The summed E-state index contributed by atoms with van der Waals surface area (Å²) in [6.45, 7) is 3.41. The van der Waals surface area contributed by atoms with Gasteiger partial charge in [0.2, 0.25) is 0 Å². The molecule has 1 atom stereocenters. The molecule has 0 spiro atoms. The number of aromatic nitrogens is 1. The number of halogens is 2. The average Bonchev–Trinajstić information content (AvgIpc) is 2.68. The van der Waals surface area contributed by atoms with Crippen LogP contribution >= 0.6 is 11.6 Å². The van der Waals surface area contributed by atoms with E-state index < -0.39 is 11.6 Å². The number of carbonyl (C=O) groups is 1. The molecule has 1 fully saturated rings. The van der Waals surface area contributed by atoms with Gasteiger partial charge in [-0.15, -0.1) is 0 Å². The first-order valence-corrected chi connectivity index (χ1v) is 9.26. The third kappa shape index (κ3) is 4.11. The van der Waals surface area contributed by atoms with E-state index in [9.17, 15) is 4.79 Å². The summed E-state index contributed by atoms with van der Waals surface area (Å²) in [4.78, 5) is 16.7. The van der Waals surface area contributed by atoms with E-state index in [1.807, 2.05) is 6.92 Å². The number of ketones is 1. The van der Waals surface area contributed by atoms with Gasteiger partial charge in [-0.2, -0.15) is 0 Å². The minimum Gasteiger partial charge on any atom is -0.381 e. The zero-order chi connectivity index (χ0) is 18.5. The van der Waals surface area contributed by atoms with Crippen LogP contribution in [-0.2, 0) is 4.74 Å². The van der Waals surface area contributed by atoms with E-state index in [1.54, 1.807) is 30.5 Å². The van der Waals surface area contributed by atoms with Crippen molar-refractivity contribution >= 4 is 17.4 Å². The van der Waals surface area contributed by atoms with Gasteiger partial charge in [0.15, 0.2) is 5.78 Å². The fourth-order valence-electron chi connectivity index (χ4n) is 3.26. The lowest BCUT2D eigenvalue weighted by molar-refractivity contribution is 0.0745. The Morgan fingerprint density at radius 3 is 2.81 bits per heavy atom. The van der Waals surface area contributed by atoms with Gasteiger partial charge in [0.05, 0.1) is 10.6 Å². The van der Waals surface area contributed by atoms with Crippen molar-refractivity contribution in [2.45, 2.75) is 38.3 Å². The fourth-order valence-corrected chi connectivity index (χ4v) is 3.50. The van der Waals surface area contributed by atoms with Crippen LogP contribution < -0.4 is 5.32 Å². The Balaban J connectivity index is 1.91. The summed E-state index contributed by atoms with van der Waals surface area (Å²) in [5, 5.41) is 3.61. The van der Waals surface area contributed by atoms with E-state index >= 15 is 4.39 Å². The van der Waals surface area contributed by atoms with E-state index in [4.69, 9.17) is 16.3 Å². The summed E-state index contributed by atoms with van der Waals surface area (Å²) in [5.74, 6) is -1.01. The van der Waals surface area contributed by atoms with Crippen molar-refractivity contribution in [3.63, 3.8) is 0 Å². The Morgan fingerprint density at radius 1 is 1.38 bits per heavy atom. The summed E-state index contributed by atoms with van der Waals surface area (Å²) >= 11 is 6.17. The van der Waals surface area contributed by atoms with E-state index in [2.05, 4.69) is 10.3 Å². The van der Waals surface area contributed by atoms with E-state index in [1.165, 1.54) is 6.20 Å². The Labute approximate surface area is 157 Å². The quantitative estimate of drug-likeness (QED) is 0.762. The first-order chi connectivity index (χ1) is 12.6. The predicted molar refractivity (Wildman–Crippen MR) is 99.1 cm³/mol. The number of rotatable bonds is 6. The SMILES string of the molecule is CC[C@@H](NC1CCOCC1)c1ccc(Cl)c(C(=O)c2cccnc2)c1F. The molecular weight excluding hydrogens is 355 g/mol. The number of hydrogen-bond donors (Lipinski definition) is 1. The molecule has 3 rings (SSSR count). The molecular formula is C20H22ClFN2O2. The lowest BCUT2D eigenvalue weighted by Crippen LogP contribution is -2.37. The third-order valence-corrected chi connectivity index (χ3v) is 5.03. The highest BCUT2D eigenvalue weighted by atomic mass is 35.5. The monoisotopic (exact) mass is 376 g/mol. The number of hydrogen-bond acceptors (Lipinski definition) is 4. The van der Waals surface area contributed by atoms with Gasteiger partial charge in [0.25, 0.3) is 0 Å². The smallest absolute Gasteiger partial charge is 0.199 e. The minimum atomic E-state index is -0.558. The van der Waals surface area contributed by atoms with Crippen molar-refractivity contribution in [3.8, 4) is 0 Å². The summed E-state index contributed by atoms with van der Waals surface area (Å²) < 4.78 is 20.6. The molecule has 1 aliphatic heterocycles. The van der Waals surface area contributed by atoms with Crippen molar-refractivity contribution in [2.24, 2.45) is 0 Å². The van der Waals surface area contributed by atoms with Crippen LogP contribution in [0.3, 0.4) is 0 Å². The number of carbonyl (C=O) groups excluding carboxylic acids is 1. The second-order valence-corrected chi connectivity index (χ2v) is 6.82. The Hall–Kier alpha value is -1.82. The number of pyridine rings is 1. The molecule has 6 heteroatoms. The minimum absolute atomic E-state index is 0.0932. The molecule has 4 nitrogen and oxygen atoms in total. The van der Waals surface area contributed by atoms with Gasteiger partial charge in [-0.3, -0.25) is 9.78 Å². The molecule has 2 heterocycles. The molecule has 0 aliphatic carbocycles. The highest BCUT2D eigenvalue weighted by Crippen LogP contribution is 2.30. The maximum Gasteiger partial charge on any atom is 0.199 e. The first kappa shape index (κ1) is 19.0. The van der Waals surface area contributed by atoms with Crippen molar-refractivity contribution < 1.29 is 13.9 Å². The maximum absolute atomic E-state index is 15.3. The van der Waals surface area contributed by atoms with Gasteiger partial charge < -0.3 is 10.1 Å². The molecule has 0 bridgehead atoms.